The minimum Gasteiger partial charge on any atom is -0.456 e. The Morgan fingerprint density at radius 2 is 1.15 bits per heavy atom. The van der Waals surface area contributed by atoms with Gasteiger partial charge in [-0.25, -0.2) is 9.98 Å². The fourth-order valence-corrected chi connectivity index (χ4v) is 9.74. The Morgan fingerprint density at radius 3 is 2.00 bits per heavy atom. The summed E-state index contributed by atoms with van der Waals surface area (Å²) in [7, 11) is 0. The highest BCUT2D eigenvalue weighted by Gasteiger charge is 2.24. The summed E-state index contributed by atoms with van der Waals surface area (Å²) in [5.74, 6) is 1.42. The molecular formula is C57H36N4O. The monoisotopic (exact) mass is 792 g/mol. The molecule has 290 valence electrons. The average Bonchev–Trinajstić information content (AvgIpc) is 3.89. The lowest BCUT2D eigenvalue weighted by Crippen LogP contribution is -2.33. The van der Waals surface area contributed by atoms with Gasteiger partial charge in [0.05, 0.1) is 16.7 Å². The highest BCUT2D eigenvalue weighted by Crippen LogP contribution is 2.42. The maximum absolute atomic E-state index is 6.75. The van der Waals surface area contributed by atoms with Crippen molar-refractivity contribution in [2.75, 3.05) is 0 Å². The van der Waals surface area contributed by atoms with Gasteiger partial charge in [0.25, 0.3) is 0 Å². The number of rotatable bonds is 5. The summed E-state index contributed by atoms with van der Waals surface area (Å²) in [4.78, 5) is 10.4. The van der Waals surface area contributed by atoms with Crippen LogP contribution in [-0.2, 0) is 0 Å². The molecule has 1 aliphatic rings. The van der Waals surface area contributed by atoms with E-state index in [2.05, 4.69) is 204 Å². The first-order chi connectivity index (χ1) is 30.7. The van der Waals surface area contributed by atoms with E-state index < -0.39 is 0 Å². The molecule has 1 atom stereocenters. The van der Waals surface area contributed by atoms with E-state index in [1.807, 2.05) is 12.1 Å². The van der Waals surface area contributed by atoms with Crippen LogP contribution in [0.3, 0.4) is 0 Å². The summed E-state index contributed by atoms with van der Waals surface area (Å²) in [6.45, 7) is 0. The van der Waals surface area contributed by atoms with E-state index in [0.717, 1.165) is 72.1 Å². The third kappa shape index (κ3) is 5.35. The maximum Gasteiger partial charge on any atom is 0.160 e. The van der Waals surface area contributed by atoms with Gasteiger partial charge in [-0.15, -0.1) is 0 Å². The number of benzene rings is 10. The Morgan fingerprint density at radius 1 is 0.452 bits per heavy atom. The molecule has 1 unspecified atom stereocenters. The van der Waals surface area contributed by atoms with E-state index in [1.54, 1.807) is 0 Å². The molecule has 0 spiro atoms. The zero-order valence-electron chi connectivity index (χ0n) is 33.5. The molecule has 1 N–H and O–H groups in total. The standard InChI is InChI=1S/C57H36N4O/c1-3-14-35(15-4-1)41-21-11-12-23-46(41)57-59-55(37-17-5-2-6-18-37)58-56(60-57)40-27-29-47-52(34-40)62-51-31-30-43-44(53(47)51)24-13-25-49(43)61-50-33-39-20-8-7-19-38(39)32-48(50)45-28-26-36-16-9-10-22-42(36)54(45)61/h1-34,55H,(H,58,59,60). The quantitative estimate of drug-likeness (QED) is 0.189. The zero-order valence-corrected chi connectivity index (χ0v) is 33.5. The van der Waals surface area contributed by atoms with Crippen LogP contribution in [0.2, 0.25) is 0 Å². The molecule has 5 nitrogen and oxygen atoms in total. The molecule has 0 bridgehead atoms. The summed E-state index contributed by atoms with van der Waals surface area (Å²) in [5.41, 5.74) is 10.4. The van der Waals surface area contributed by atoms with Gasteiger partial charge in [0.1, 0.15) is 23.2 Å². The minimum atomic E-state index is -0.327. The predicted molar refractivity (Wildman–Crippen MR) is 258 cm³/mol. The summed E-state index contributed by atoms with van der Waals surface area (Å²) in [5, 5.41) is 15.5. The molecule has 12 aromatic rings. The van der Waals surface area contributed by atoms with Crippen molar-refractivity contribution in [2.45, 2.75) is 6.17 Å². The average molecular weight is 793 g/mol. The largest absolute Gasteiger partial charge is 0.456 e. The molecule has 3 heterocycles. The van der Waals surface area contributed by atoms with Gasteiger partial charge in [0.2, 0.25) is 0 Å². The maximum atomic E-state index is 6.75. The van der Waals surface area contributed by atoms with E-state index in [4.69, 9.17) is 14.4 Å². The fraction of sp³-hybridized carbons (Fsp3) is 0.0175. The topological polar surface area (TPSA) is 54.8 Å². The van der Waals surface area contributed by atoms with Gasteiger partial charge < -0.3 is 14.3 Å². The van der Waals surface area contributed by atoms with Crippen LogP contribution >= 0.6 is 0 Å². The van der Waals surface area contributed by atoms with Crippen molar-refractivity contribution in [2.24, 2.45) is 9.98 Å². The van der Waals surface area contributed by atoms with Gasteiger partial charge in [-0.05, 0) is 80.7 Å². The minimum absolute atomic E-state index is 0.327. The number of aromatic nitrogens is 1. The first kappa shape index (κ1) is 34.6. The lowest BCUT2D eigenvalue weighted by atomic mass is 9.98. The summed E-state index contributed by atoms with van der Waals surface area (Å²) < 4.78 is 9.23. The van der Waals surface area contributed by atoms with E-state index >= 15 is 0 Å². The molecular weight excluding hydrogens is 757 g/mol. The molecule has 2 aromatic heterocycles. The van der Waals surface area contributed by atoms with Crippen LogP contribution in [0.5, 0.6) is 0 Å². The zero-order chi connectivity index (χ0) is 40.7. The highest BCUT2D eigenvalue weighted by atomic mass is 16.3. The Balaban J connectivity index is 0.988. The number of hydrogen-bond acceptors (Lipinski definition) is 4. The van der Waals surface area contributed by atoms with Crippen LogP contribution in [0, 0.1) is 0 Å². The van der Waals surface area contributed by atoms with Crippen molar-refractivity contribution in [1.82, 2.24) is 9.88 Å². The molecule has 10 aromatic carbocycles. The van der Waals surface area contributed by atoms with Crippen molar-refractivity contribution in [3.05, 3.63) is 223 Å². The highest BCUT2D eigenvalue weighted by molar-refractivity contribution is 6.24. The van der Waals surface area contributed by atoms with Crippen LogP contribution in [-0.4, -0.2) is 16.2 Å². The Hall–Kier alpha value is -8.28. The van der Waals surface area contributed by atoms with Crippen LogP contribution in [0.15, 0.2) is 221 Å². The second kappa shape index (κ2) is 13.6. The van der Waals surface area contributed by atoms with E-state index in [1.165, 1.54) is 43.4 Å². The lowest BCUT2D eigenvalue weighted by Gasteiger charge is -2.24. The number of nitrogens with zero attached hydrogens (tertiary/aromatic N) is 3. The molecule has 0 amide bonds. The molecule has 0 saturated heterocycles. The van der Waals surface area contributed by atoms with E-state index in [0.29, 0.717) is 5.84 Å². The van der Waals surface area contributed by atoms with Gasteiger partial charge in [0, 0.05) is 43.4 Å². The molecule has 0 aliphatic carbocycles. The van der Waals surface area contributed by atoms with Crippen LogP contribution in [0.1, 0.15) is 22.9 Å². The number of furan rings is 1. The van der Waals surface area contributed by atoms with Gasteiger partial charge in [-0.1, -0.05) is 164 Å². The third-order valence-corrected chi connectivity index (χ3v) is 12.6. The first-order valence-corrected chi connectivity index (χ1v) is 21.1. The molecule has 0 saturated carbocycles. The Labute approximate surface area is 356 Å². The van der Waals surface area contributed by atoms with Crippen molar-refractivity contribution >= 4 is 87.7 Å². The summed E-state index contributed by atoms with van der Waals surface area (Å²) in [6, 6.07) is 73.3. The molecule has 0 radical (unpaired) electrons. The Bertz CT molecular complexity index is 3840. The van der Waals surface area contributed by atoms with Gasteiger partial charge in [-0.3, -0.25) is 0 Å². The number of aliphatic imine (C=N–C) groups is 2. The van der Waals surface area contributed by atoms with E-state index in [-0.39, 0.29) is 6.17 Å². The number of hydrogen-bond donors (Lipinski definition) is 1. The molecule has 13 rings (SSSR count). The van der Waals surface area contributed by atoms with Crippen LogP contribution in [0.25, 0.3) is 92.9 Å². The fourth-order valence-electron chi connectivity index (χ4n) is 9.74. The first-order valence-electron chi connectivity index (χ1n) is 21.1. The van der Waals surface area contributed by atoms with Crippen molar-refractivity contribution in [3.8, 4) is 16.8 Å². The van der Waals surface area contributed by atoms with Gasteiger partial charge in [-0.2, -0.15) is 0 Å². The second-order valence-corrected chi connectivity index (χ2v) is 16.1. The lowest BCUT2D eigenvalue weighted by molar-refractivity contribution is 0.666. The summed E-state index contributed by atoms with van der Waals surface area (Å²) in [6.07, 6.45) is -0.327. The molecule has 0 fully saturated rings. The number of amidine groups is 2. The van der Waals surface area contributed by atoms with Crippen molar-refractivity contribution in [1.29, 1.82) is 0 Å². The second-order valence-electron chi connectivity index (χ2n) is 16.1. The van der Waals surface area contributed by atoms with E-state index in [9.17, 15) is 0 Å². The van der Waals surface area contributed by atoms with Crippen molar-refractivity contribution < 1.29 is 4.42 Å². The normalized spacial score (nSPS) is 14.3. The molecule has 5 heteroatoms. The SMILES string of the molecule is c1ccc(-c2ccccc2C2=NC(c3ccccc3)NC(c3ccc4c(c3)oc3ccc5c(-n6c7cc8ccccc8cc7c7ccc8ccccc8c76)cccc5c34)=N2)cc1. The van der Waals surface area contributed by atoms with Crippen LogP contribution in [0.4, 0.5) is 0 Å². The smallest absolute Gasteiger partial charge is 0.160 e. The van der Waals surface area contributed by atoms with Crippen molar-refractivity contribution in [3.63, 3.8) is 0 Å². The predicted octanol–water partition coefficient (Wildman–Crippen LogP) is 14.3. The van der Waals surface area contributed by atoms with Gasteiger partial charge >= 0.3 is 0 Å². The van der Waals surface area contributed by atoms with Gasteiger partial charge in [0.15, 0.2) is 5.84 Å². The van der Waals surface area contributed by atoms with Crippen LogP contribution < -0.4 is 5.32 Å². The Kier molecular flexibility index (Phi) is 7.60. The third-order valence-electron chi connectivity index (χ3n) is 12.6. The number of fused-ring (bicyclic) bond motifs is 11. The molecule has 1 aliphatic heterocycles. The molecule has 62 heavy (non-hydrogen) atoms. The number of nitrogens with one attached hydrogen (secondary N) is 1. The summed E-state index contributed by atoms with van der Waals surface area (Å²) >= 11 is 0.